The van der Waals surface area contributed by atoms with Crippen LogP contribution in [0.15, 0.2) is 12.4 Å². The molecule has 0 unspecified atom stereocenters. The van der Waals surface area contributed by atoms with Crippen molar-refractivity contribution in [2.24, 2.45) is 0 Å². The molecule has 2 aliphatic rings. The van der Waals surface area contributed by atoms with E-state index in [9.17, 15) is 4.79 Å². The number of likely N-dealkylation sites (tertiary alicyclic amines) is 1. The van der Waals surface area contributed by atoms with Gasteiger partial charge in [-0.3, -0.25) is 9.69 Å². The number of imidazole rings is 1. The van der Waals surface area contributed by atoms with Gasteiger partial charge in [-0.2, -0.15) is 0 Å². The van der Waals surface area contributed by atoms with Crippen molar-refractivity contribution < 1.29 is 4.79 Å². The van der Waals surface area contributed by atoms with E-state index >= 15 is 0 Å². The maximum atomic E-state index is 13.1. The van der Waals surface area contributed by atoms with Crippen LogP contribution in [0.2, 0.25) is 0 Å². The van der Waals surface area contributed by atoms with Gasteiger partial charge < -0.3 is 4.57 Å². The quantitative estimate of drug-likeness (QED) is 0.808. The Balaban J connectivity index is 1.77. The van der Waals surface area contributed by atoms with Crippen LogP contribution in [0.25, 0.3) is 0 Å². The Labute approximate surface area is 127 Å². The first-order valence-corrected chi connectivity index (χ1v) is 8.54. The van der Waals surface area contributed by atoms with Gasteiger partial charge in [0.1, 0.15) is 5.82 Å². The monoisotopic (exact) mass is 289 g/mol. The zero-order valence-electron chi connectivity index (χ0n) is 13.2. The molecule has 0 bridgehead atoms. The Bertz CT molecular complexity index is 482. The van der Waals surface area contributed by atoms with Crippen molar-refractivity contribution in [1.29, 1.82) is 0 Å². The number of carbonyl (C=O) groups is 1. The number of ketones is 1. The number of rotatable bonds is 6. The summed E-state index contributed by atoms with van der Waals surface area (Å²) in [6.07, 6.45) is 12.4. The smallest absolute Gasteiger partial charge is 0.160 e. The molecular weight excluding hydrogens is 262 g/mol. The molecule has 0 radical (unpaired) electrons. The van der Waals surface area contributed by atoms with Crippen LogP contribution in [0.4, 0.5) is 0 Å². The molecule has 1 aliphatic heterocycles. The predicted molar refractivity (Wildman–Crippen MR) is 83.2 cm³/mol. The van der Waals surface area contributed by atoms with Crippen molar-refractivity contribution in [3.05, 3.63) is 18.2 Å². The number of hydrogen-bond acceptors (Lipinski definition) is 3. The molecule has 116 valence electrons. The fourth-order valence-electron chi connectivity index (χ4n) is 4.14. The average molecular weight is 289 g/mol. The first-order chi connectivity index (χ1) is 10.3. The molecule has 0 amide bonds. The van der Waals surface area contributed by atoms with E-state index in [1.54, 1.807) is 0 Å². The zero-order chi connectivity index (χ0) is 14.7. The molecule has 4 heteroatoms. The lowest BCUT2D eigenvalue weighted by Gasteiger charge is -2.37. The summed E-state index contributed by atoms with van der Waals surface area (Å²) in [5.41, 5.74) is -0.167. The van der Waals surface area contributed by atoms with E-state index in [0.717, 1.165) is 44.7 Å². The SMILES string of the molecule is CCCn1ccnc1CC(=O)C1(N2CCCC2)CCCC1. The highest BCUT2D eigenvalue weighted by Crippen LogP contribution is 2.38. The van der Waals surface area contributed by atoms with Crippen LogP contribution in [0, 0.1) is 0 Å². The molecule has 1 saturated heterocycles. The van der Waals surface area contributed by atoms with E-state index in [1.807, 2.05) is 12.4 Å². The number of Topliss-reactive ketones (excluding diaryl/α,β-unsaturated/α-hetero) is 1. The van der Waals surface area contributed by atoms with E-state index in [1.165, 1.54) is 25.7 Å². The van der Waals surface area contributed by atoms with Crippen LogP contribution in [0.3, 0.4) is 0 Å². The zero-order valence-corrected chi connectivity index (χ0v) is 13.2. The van der Waals surface area contributed by atoms with Crippen molar-refractivity contribution >= 4 is 5.78 Å². The molecular formula is C17H27N3O. The van der Waals surface area contributed by atoms with Gasteiger partial charge in [-0.05, 0) is 45.2 Å². The Hall–Kier alpha value is -1.16. The molecule has 1 aromatic rings. The van der Waals surface area contributed by atoms with E-state index in [-0.39, 0.29) is 5.54 Å². The van der Waals surface area contributed by atoms with Crippen LogP contribution in [-0.4, -0.2) is 38.9 Å². The minimum atomic E-state index is -0.167. The number of hydrogen-bond donors (Lipinski definition) is 0. The number of nitrogens with zero attached hydrogens (tertiary/aromatic N) is 3. The summed E-state index contributed by atoms with van der Waals surface area (Å²) >= 11 is 0. The lowest BCUT2D eigenvalue weighted by Crippen LogP contribution is -2.52. The largest absolute Gasteiger partial charge is 0.335 e. The minimum Gasteiger partial charge on any atom is -0.335 e. The van der Waals surface area contributed by atoms with Crippen LogP contribution >= 0.6 is 0 Å². The summed E-state index contributed by atoms with van der Waals surface area (Å²) in [6, 6.07) is 0. The fraction of sp³-hybridized carbons (Fsp3) is 0.765. The lowest BCUT2D eigenvalue weighted by molar-refractivity contribution is -0.130. The lowest BCUT2D eigenvalue weighted by atomic mass is 9.88. The molecule has 1 aromatic heterocycles. The van der Waals surface area contributed by atoms with Gasteiger partial charge in [0.15, 0.2) is 5.78 Å². The topological polar surface area (TPSA) is 38.1 Å². The van der Waals surface area contributed by atoms with E-state index in [0.29, 0.717) is 12.2 Å². The Morgan fingerprint density at radius 2 is 1.95 bits per heavy atom. The molecule has 4 nitrogen and oxygen atoms in total. The molecule has 2 fully saturated rings. The van der Waals surface area contributed by atoms with Crippen molar-refractivity contribution in [2.75, 3.05) is 13.1 Å². The molecule has 21 heavy (non-hydrogen) atoms. The maximum Gasteiger partial charge on any atom is 0.160 e. The summed E-state index contributed by atoms with van der Waals surface area (Å²) in [5, 5.41) is 0. The van der Waals surface area contributed by atoms with Crippen molar-refractivity contribution in [3.8, 4) is 0 Å². The van der Waals surface area contributed by atoms with E-state index < -0.39 is 0 Å². The minimum absolute atomic E-state index is 0.167. The second kappa shape index (κ2) is 6.30. The second-order valence-corrected chi connectivity index (χ2v) is 6.57. The molecule has 1 aliphatic carbocycles. The van der Waals surface area contributed by atoms with E-state index in [4.69, 9.17) is 0 Å². The Morgan fingerprint density at radius 1 is 1.24 bits per heavy atom. The standard InChI is InChI=1S/C17H27N3O/c1-2-10-19-13-9-18-16(19)14-15(21)17(7-3-4-8-17)20-11-5-6-12-20/h9,13H,2-8,10-12,14H2,1H3. The number of carbonyl (C=O) groups excluding carboxylic acids is 1. The average Bonchev–Trinajstić information content (AvgIpc) is 3.21. The van der Waals surface area contributed by atoms with E-state index in [2.05, 4.69) is 21.4 Å². The van der Waals surface area contributed by atoms with Gasteiger partial charge in [0.2, 0.25) is 0 Å². The molecule has 1 saturated carbocycles. The molecule has 2 heterocycles. The highest BCUT2D eigenvalue weighted by molar-refractivity contribution is 5.90. The fourth-order valence-corrected chi connectivity index (χ4v) is 4.14. The van der Waals surface area contributed by atoms with Gasteiger partial charge in [-0.25, -0.2) is 4.98 Å². The summed E-state index contributed by atoms with van der Waals surface area (Å²) in [6.45, 7) is 5.33. The van der Waals surface area contributed by atoms with Gasteiger partial charge in [0, 0.05) is 18.9 Å². The normalized spacial score (nSPS) is 22.0. The van der Waals surface area contributed by atoms with Crippen molar-refractivity contribution in [2.45, 2.75) is 70.4 Å². The molecule has 0 aromatic carbocycles. The predicted octanol–water partition coefficient (Wildman–Crippen LogP) is 2.81. The van der Waals surface area contributed by atoms with Gasteiger partial charge >= 0.3 is 0 Å². The summed E-state index contributed by atoms with van der Waals surface area (Å²) in [5.74, 6) is 1.36. The summed E-state index contributed by atoms with van der Waals surface area (Å²) < 4.78 is 2.14. The second-order valence-electron chi connectivity index (χ2n) is 6.57. The molecule has 0 atom stereocenters. The van der Waals surface area contributed by atoms with Gasteiger partial charge in [0.05, 0.1) is 12.0 Å². The van der Waals surface area contributed by atoms with Crippen molar-refractivity contribution in [3.63, 3.8) is 0 Å². The van der Waals surface area contributed by atoms with Crippen LogP contribution in [0.1, 0.15) is 57.7 Å². The highest BCUT2D eigenvalue weighted by atomic mass is 16.1. The van der Waals surface area contributed by atoms with Gasteiger partial charge in [0.25, 0.3) is 0 Å². The van der Waals surface area contributed by atoms with Crippen LogP contribution in [0.5, 0.6) is 0 Å². The van der Waals surface area contributed by atoms with Crippen molar-refractivity contribution in [1.82, 2.24) is 14.5 Å². The number of aryl methyl sites for hydroxylation is 1. The Kier molecular flexibility index (Phi) is 4.43. The number of aromatic nitrogens is 2. The first-order valence-electron chi connectivity index (χ1n) is 8.54. The summed E-state index contributed by atoms with van der Waals surface area (Å²) in [7, 11) is 0. The summed E-state index contributed by atoms with van der Waals surface area (Å²) in [4.78, 5) is 20.0. The third kappa shape index (κ3) is 2.78. The highest BCUT2D eigenvalue weighted by Gasteiger charge is 2.46. The molecule has 0 spiro atoms. The van der Waals surface area contributed by atoms with Gasteiger partial charge in [-0.15, -0.1) is 0 Å². The third-order valence-electron chi connectivity index (χ3n) is 5.25. The third-order valence-corrected chi connectivity index (χ3v) is 5.25. The maximum absolute atomic E-state index is 13.1. The first kappa shape index (κ1) is 14.8. The van der Waals surface area contributed by atoms with Gasteiger partial charge in [-0.1, -0.05) is 19.8 Å². The molecule has 0 N–H and O–H groups in total. The molecule has 3 rings (SSSR count). The van der Waals surface area contributed by atoms with Crippen LogP contribution in [-0.2, 0) is 17.8 Å². The Morgan fingerprint density at radius 3 is 2.62 bits per heavy atom. The van der Waals surface area contributed by atoms with Crippen LogP contribution < -0.4 is 0 Å².